The number of thioether (sulfide) groups is 1. The van der Waals surface area contributed by atoms with Crippen molar-refractivity contribution in [3.8, 4) is 11.2 Å². The molecule has 0 spiro atoms. The van der Waals surface area contributed by atoms with Crippen molar-refractivity contribution in [2.75, 3.05) is 0 Å². The average molecular weight is 114 g/mol. The van der Waals surface area contributed by atoms with Gasteiger partial charge in [0.05, 0.1) is 0 Å². The van der Waals surface area contributed by atoms with Crippen molar-refractivity contribution in [2.24, 2.45) is 5.73 Å². The molecule has 0 aliphatic rings. The normalized spacial score (nSPS) is 6.43. The van der Waals surface area contributed by atoms with E-state index in [0.717, 1.165) is 11.8 Å². The van der Waals surface area contributed by atoms with Gasteiger partial charge in [-0.3, -0.25) is 5.41 Å². The third-order valence-corrected chi connectivity index (χ3v) is 0.789. The van der Waals surface area contributed by atoms with Gasteiger partial charge in [0.15, 0.2) is 5.17 Å². The largest absolute Gasteiger partial charge is 0.378 e. The zero-order chi connectivity index (χ0) is 5.70. The van der Waals surface area contributed by atoms with Gasteiger partial charge in [0, 0.05) is 0 Å². The van der Waals surface area contributed by atoms with Crippen LogP contribution in [-0.4, -0.2) is 5.17 Å². The van der Waals surface area contributed by atoms with Gasteiger partial charge in [-0.05, 0) is 23.9 Å². The predicted octanol–water partition coefficient (Wildman–Crippen LogP) is 0.594. The topological polar surface area (TPSA) is 49.9 Å². The SMILES string of the molecule is CC#CSC(=N)N. The molecule has 0 rings (SSSR count). The van der Waals surface area contributed by atoms with Crippen molar-refractivity contribution < 1.29 is 0 Å². The van der Waals surface area contributed by atoms with Gasteiger partial charge in [-0.1, -0.05) is 5.92 Å². The lowest BCUT2D eigenvalue weighted by Crippen LogP contribution is -2.01. The lowest BCUT2D eigenvalue weighted by molar-refractivity contribution is 1.51. The van der Waals surface area contributed by atoms with Crippen LogP contribution in [0, 0.1) is 16.6 Å². The molecule has 0 aromatic heterocycles. The summed E-state index contributed by atoms with van der Waals surface area (Å²) in [5, 5.41) is 9.25. The highest BCUT2D eigenvalue weighted by atomic mass is 32.2. The molecule has 3 heteroatoms. The number of nitrogens with two attached hydrogens (primary N) is 1. The Bertz CT molecular complexity index is 119. The summed E-state index contributed by atoms with van der Waals surface area (Å²) in [7, 11) is 0. The molecule has 0 aliphatic carbocycles. The number of hydrogen-bond donors (Lipinski definition) is 2. The fourth-order valence-corrected chi connectivity index (χ4v) is 0.318. The van der Waals surface area contributed by atoms with Crippen LogP contribution in [-0.2, 0) is 0 Å². The molecular weight excluding hydrogens is 108 g/mol. The molecule has 0 fully saturated rings. The van der Waals surface area contributed by atoms with Crippen molar-refractivity contribution in [3.05, 3.63) is 0 Å². The summed E-state index contributed by atoms with van der Waals surface area (Å²) in [6, 6.07) is 0. The fourth-order valence-electron chi connectivity index (χ4n) is 0.106. The Kier molecular flexibility index (Phi) is 3.25. The van der Waals surface area contributed by atoms with E-state index in [1.165, 1.54) is 0 Å². The predicted molar refractivity (Wildman–Crippen MR) is 33.0 cm³/mol. The fraction of sp³-hybridized carbons (Fsp3) is 0.250. The molecule has 0 unspecified atom stereocenters. The summed E-state index contributed by atoms with van der Waals surface area (Å²) >= 11 is 1.03. The summed E-state index contributed by atoms with van der Waals surface area (Å²) < 4.78 is 0. The molecule has 0 atom stereocenters. The van der Waals surface area contributed by atoms with E-state index >= 15 is 0 Å². The van der Waals surface area contributed by atoms with Gasteiger partial charge in [0.2, 0.25) is 0 Å². The van der Waals surface area contributed by atoms with Gasteiger partial charge in [-0.15, -0.1) is 0 Å². The molecule has 0 saturated heterocycles. The Morgan fingerprint density at radius 1 is 1.86 bits per heavy atom. The minimum absolute atomic E-state index is 0.0503. The number of rotatable bonds is 0. The standard InChI is InChI=1S/C4H6N2S/c1-2-3-7-4(5)6/h1H3,(H3,5,6). The highest BCUT2D eigenvalue weighted by Gasteiger charge is 1.77. The minimum atomic E-state index is 0.0503. The van der Waals surface area contributed by atoms with E-state index in [1.807, 2.05) is 0 Å². The molecule has 0 bridgehead atoms. The second-order valence-electron chi connectivity index (χ2n) is 0.818. The molecule has 0 aromatic rings. The monoisotopic (exact) mass is 114 g/mol. The van der Waals surface area contributed by atoms with Crippen LogP contribution in [0.5, 0.6) is 0 Å². The molecule has 0 amide bonds. The van der Waals surface area contributed by atoms with Crippen LogP contribution >= 0.6 is 11.8 Å². The second-order valence-corrected chi connectivity index (χ2v) is 1.67. The highest BCUT2D eigenvalue weighted by Crippen LogP contribution is 1.90. The molecule has 0 aromatic carbocycles. The summed E-state index contributed by atoms with van der Waals surface area (Å²) in [6.45, 7) is 1.70. The molecule has 2 nitrogen and oxygen atoms in total. The summed E-state index contributed by atoms with van der Waals surface area (Å²) in [5.74, 6) is 2.59. The minimum Gasteiger partial charge on any atom is -0.378 e. The van der Waals surface area contributed by atoms with Crippen LogP contribution in [0.3, 0.4) is 0 Å². The van der Waals surface area contributed by atoms with Crippen molar-refractivity contribution in [3.63, 3.8) is 0 Å². The number of amidine groups is 1. The maximum atomic E-state index is 6.64. The lowest BCUT2D eigenvalue weighted by atomic mass is 10.9. The zero-order valence-electron chi connectivity index (χ0n) is 3.99. The van der Waals surface area contributed by atoms with Crippen LogP contribution in [0.2, 0.25) is 0 Å². The third kappa shape index (κ3) is 5.38. The Morgan fingerprint density at radius 2 is 2.43 bits per heavy atom. The van der Waals surface area contributed by atoms with Gasteiger partial charge in [0.1, 0.15) is 0 Å². The van der Waals surface area contributed by atoms with Gasteiger partial charge in [-0.2, -0.15) is 0 Å². The molecule has 0 saturated carbocycles. The van der Waals surface area contributed by atoms with E-state index in [-0.39, 0.29) is 5.17 Å². The lowest BCUT2D eigenvalue weighted by Gasteiger charge is -1.78. The first-order chi connectivity index (χ1) is 3.27. The van der Waals surface area contributed by atoms with Crippen LogP contribution < -0.4 is 5.73 Å². The average Bonchev–Trinajstić information content (AvgIpc) is 1.61. The van der Waals surface area contributed by atoms with E-state index in [1.54, 1.807) is 6.92 Å². The van der Waals surface area contributed by atoms with Crippen LogP contribution in [0.4, 0.5) is 0 Å². The van der Waals surface area contributed by atoms with E-state index in [9.17, 15) is 0 Å². The van der Waals surface area contributed by atoms with Crippen molar-refractivity contribution in [1.82, 2.24) is 0 Å². The van der Waals surface area contributed by atoms with E-state index < -0.39 is 0 Å². The number of hydrogen-bond acceptors (Lipinski definition) is 2. The zero-order valence-corrected chi connectivity index (χ0v) is 4.80. The Morgan fingerprint density at radius 3 is 2.57 bits per heavy atom. The Hall–Kier alpha value is -0.620. The first-order valence-corrected chi connectivity index (χ1v) is 2.51. The molecule has 0 radical (unpaired) electrons. The molecule has 3 N–H and O–H groups in total. The summed E-state index contributed by atoms with van der Waals surface area (Å²) in [5.41, 5.74) is 4.92. The highest BCUT2D eigenvalue weighted by molar-refractivity contribution is 8.17. The van der Waals surface area contributed by atoms with Gasteiger partial charge in [-0.25, -0.2) is 0 Å². The van der Waals surface area contributed by atoms with Crippen molar-refractivity contribution in [1.29, 1.82) is 5.41 Å². The Balaban J connectivity index is 3.26. The third-order valence-electron chi connectivity index (χ3n) is 0.263. The molecule has 7 heavy (non-hydrogen) atoms. The van der Waals surface area contributed by atoms with Crippen LogP contribution in [0.25, 0.3) is 0 Å². The van der Waals surface area contributed by atoms with Crippen LogP contribution in [0.1, 0.15) is 6.92 Å². The molecule has 0 heterocycles. The maximum Gasteiger partial charge on any atom is 0.163 e. The summed E-state index contributed by atoms with van der Waals surface area (Å²) in [4.78, 5) is 0. The first kappa shape index (κ1) is 6.38. The molecule has 38 valence electrons. The number of nitrogens with one attached hydrogen (secondary N) is 1. The van der Waals surface area contributed by atoms with E-state index in [2.05, 4.69) is 11.2 Å². The van der Waals surface area contributed by atoms with Crippen LogP contribution in [0.15, 0.2) is 0 Å². The van der Waals surface area contributed by atoms with E-state index in [4.69, 9.17) is 11.1 Å². The van der Waals surface area contributed by atoms with E-state index in [0.29, 0.717) is 0 Å². The van der Waals surface area contributed by atoms with Crippen molar-refractivity contribution >= 4 is 16.9 Å². The second kappa shape index (κ2) is 3.57. The molecule has 0 aliphatic heterocycles. The Labute approximate surface area is 47.0 Å². The van der Waals surface area contributed by atoms with Gasteiger partial charge >= 0.3 is 0 Å². The van der Waals surface area contributed by atoms with Gasteiger partial charge < -0.3 is 5.73 Å². The first-order valence-electron chi connectivity index (χ1n) is 1.70. The maximum absolute atomic E-state index is 6.64. The summed E-state index contributed by atoms with van der Waals surface area (Å²) in [6.07, 6.45) is 0. The van der Waals surface area contributed by atoms with Crippen molar-refractivity contribution in [2.45, 2.75) is 6.92 Å². The van der Waals surface area contributed by atoms with Gasteiger partial charge in [0.25, 0.3) is 0 Å². The quantitative estimate of drug-likeness (QED) is 0.275. The smallest absolute Gasteiger partial charge is 0.163 e. The molecular formula is C4H6N2S.